The predicted octanol–water partition coefficient (Wildman–Crippen LogP) is 3.67. The van der Waals surface area contributed by atoms with Crippen LogP contribution in [-0.4, -0.2) is 33.4 Å². The van der Waals surface area contributed by atoms with Gasteiger partial charge in [0.1, 0.15) is 23.9 Å². The number of carbonyl (C=O) groups excluding carboxylic acids is 1. The number of anilines is 1. The monoisotopic (exact) mass is 394 g/mol. The van der Waals surface area contributed by atoms with E-state index in [4.69, 9.17) is 14.2 Å². The Morgan fingerprint density at radius 1 is 1.08 bits per heavy atom. The lowest BCUT2D eigenvalue weighted by molar-refractivity contribution is 0.247. The fourth-order valence-corrected chi connectivity index (χ4v) is 2.35. The Morgan fingerprint density at radius 2 is 1.92 bits per heavy atom. The first kappa shape index (κ1) is 17.9. The number of ether oxygens (including phenoxy) is 3. The van der Waals surface area contributed by atoms with Crippen LogP contribution < -0.4 is 24.8 Å². The Labute approximate surface area is 149 Å². The van der Waals surface area contributed by atoms with Crippen molar-refractivity contribution in [2.45, 2.75) is 0 Å². The summed E-state index contributed by atoms with van der Waals surface area (Å²) < 4.78 is 16.8. The van der Waals surface area contributed by atoms with Crippen LogP contribution in [0.3, 0.4) is 0 Å². The van der Waals surface area contributed by atoms with E-state index in [1.807, 2.05) is 24.3 Å². The summed E-state index contributed by atoms with van der Waals surface area (Å²) in [6.07, 6.45) is 0. The molecule has 0 aromatic heterocycles. The van der Waals surface area contributed by atoms with Crippen LogP contribution >= 0.6 is 15.9 Å². The van der Waals surface area contributed by atoms with Crippen LogP contribution in [0.15, 0.2) is 46.9 Å². The summed E-state index contributed by atoms with van der Waals surface area (Å²) in [4.78, 5) is 12.0. The molecule has 0 saturated carbocycles. The zero-order valence-electron chi connectivity index (χ0n) is 13.5. The molecule has 0 fully saturated rings. The average molecular weight is 395 g/mol. The molecule has 0 radical (unpaired) electrons. The summed E-state index contributed by atoms with van der Waals surface area (Å²) in [6.45, 7) is 0.726. The summed E-state index contributed by atoms with van der Waals surface area (Å²) in [5.41, 5.74) is 0.530. The summed E-state index contributed by atoms with van der Waals surface area (Å²) in [5.74, 6) is 1.92. The fourth-order valence-electron chi connectivity index (χ4n) is 1.97. The first-order chi connectivity index (χ1) is 11.6. The molecular weight excluding hydrogens is 376 g/mol. The molecule has 0 saturated heterocycles. The highest BCUT2D eigenvalue weighted by Crippen LogP contribution is 2.28. The Bertz CT molecular complexity index is 694. The summed E-state index contributed by atoms with van der Waals surface area (Å²) >= 11 is 3.37. The normalized spacial score (nSPS) is 9.96. The zero-order valence-corrected chi connectivity index (χ0v) is 15.1. The Hall–Kier alpha value is -2.41. The quantitative estimate of drug-likeness (QED) is 0.702. The highest BCUT2D eigenvalue weighted by molar-refractivity contribution is 9.10. The van der Waals surface area contributed by atoms with Gasteiger partial charge in [0.15, 0.2) is 0 Å². The van der Waals surface area contributed by atoms with Gasteiger partial charge in [-0.2, -0.15) is 0 Å². The molecule has 0 atom stereocenters. The minimum atomic E-state index is -0.348. The topological polar surface area (TPSA) is 68.8 Å². The number of methoxy groups -OCH3 is 2. The number of halogens is 1. The van der Waals surface area contributed by atoms with Gasteiger partial charge in [-0.25, -0.2) is 4.79 Å². The van der Waals surface area contributed by atoms with Gasteiger partial charge >= 0.3 is 6.03 Å². The first-order valence-corrected chi connectivity index (χ1v) is 8.07. The molecule has 0 aliphatic rings. The zero-order chi connectivity index (χ0) is 17.4. The van der Waals surface area contributed by atoms with Crippen molar-refractivity contribution in [2.24, 2.45) is 0 Å². The van der Waals surface area contributed by atoms with Crippen LogP contribution in [0, 0.1) is 0 Å². The molecule has 2 aromatic rings. The van der Waals surface area contributed by atoms with Gasteiger partial charge in [0, 0.05) is 10.5 Å². The van der Waals surface area contributed by atoms with E-state index in [1.54, 1.807) is 25.3 Å². The number of amides is 2. The smallest absolute Gasteiger partial charge is 0.319 e. The highest BCUT2D eigenvalue weighted by atomic mass is 79.9. The molecule has 2 rings (SSSR count). The third-order valence-corrected chi connectivity index (χ3v) is 3.60. The Balaban J connectivity index is 1.81. The number of rotatable bonds is 7. The van der Waals surface area contributed by atoms with Crippen LogP contribution in [0.5, 0.6) is 17.2 Å². The number of hydrogen-bond donors (Lipinski definition) is 2. The van der Waals surface area contributed by atoms with Crippen molar-refractivity contribution in [3.8, 4) is 17.2 Å². The standard InChI is InChI=1S/C17H19BrN2O4/c1-22-13-6-7-16(23-2)15(11-13)20-17(21)19-8-9-24-14-5-3-4-12(18)10-14/h3-7,10-11H,8-9H2,1-2H3,(H2,19,20,21). The maximum Gasteiger partial charge on any atom is 0.319 e. The first-order valence-electron chi connectivity index (χ1n) is 7.27. The molecule has 6 nitrogen and oxygen atoms in total. The van der Waals surface area contributed by atoms with Crippen molar-refractivity contribution >= 4 is 27.6 Å². The lowest BCUT2D eigenvalue weighted by Crippen LogP contribution is -2.32. The third kappa shape index (κ3) is 5.34. The van der Waals surface area contributed by atoms with Crippen LogP contribution in [0.4, 0.5) is 10.5 Å². The molecule has 0 aliphatic carbocycles. The second-order valence-corrected chi connectivity index (χ2v) is 5.67. The van der Waals surface area contributed by atoms with Crippen molar-refractivity contribution in [3.05, 3.63) is 46.9 Å². The molecule has 2 amide bonds. The average Bonchev–Trinajstić information content (AvgIpc) is 2.58. The fraction of sp³-hybridized carbons (Fsp3) is 0.235. The molecule has 24 heavy (non-hydrogen) atoms. The van der Waals surface area contributed by atoms with Gasteiger partial charge in [-0.15, -0.1) is 0 Å². The van der Waals surface area contributed by atoms with E-state index in [0.717, 1.165) is 10.2 Å². The van der Waals surface area contributed by atoms with Gasteiger partial charge in [0.05, 0.1) is 26.5 Å². The van der Waals surface area contributed by atoms with Crippen molar-refractivity contribution in [2.75, 3.05) is 32.7 Å². The molecule has 0 unspecified atom stereocenters. The summed E-state index contributed by atoms with van der Waals surface area (Å²) in [6, 6.07) is 12.3. The van der Waals surface area contributed by atoms with Crippen LogP contribution in [0.2, 0.25) is 0 Å². The van der Waals surface area contributed by atoms with Gasteiger partial charge < -0.3 is 24.8 Å². The van der Waals surface area contributed by atoms with Crippen LogP contribution in [0.1, 0.15) is 0 Å². The molecular formula is C17H19BrN2O4. The molecule has 0 spiro atoms. The molecule has 2 N–H and O–H groups in total. The van der Waals surface area contributed by atoms with E-state index < -0.39 is 0 Å². The van der Waals surface area contributed by atoms with E-state index in [2.05, 4.69) is 26.6 Å². The van der Waals surface area contributed by atoms with Crippen LogP contribution in [0.25, 0.3) is 0 Å². The second-order valence-electron chi connectivity index (χ2n) is 4.75. The predicted molar refractivity (Wildman–Crippen MR) is 96.2 cm³/mol. The van der Waals surface area contributed by atoms with Gasteiger partial charge in [0.2, 0.25) is 0 Å². The molecule has 128 valence electrons. The van der Waals surface area contributed by atoms with Crippen molar-refractivity contribution in [3.63, 3.8) is 0 Å². The van der Waals surface area contributed by atoms with Crippen molar-refractivity contribution in [1.29, 1.82) is 0 Å². The van der Waals surface area contributed by atoms with E-state index in [9.17, 15) is 4.79 Å². The van der Waals surface area contributed by atoms with E-state index in [1.165, 1.54) is 7.11 Å². The molecule has 7 heteroatoms. The number of nitrogens with one attached hydrogen (secondary N) is 2. The molecule has 2 aromatic carbocycles. The second kappa shape index (κ2) is 9.02. The molecule has 0 heterocycles. The van der Waals surface area contributed by atoms with Gasteiger partial charge in [-0.05, 0) is 30.3 Å². The molecule has 0 aliphatic heterocycles. The van der Waals surface area contributed by atoms with Crippen LogP contribution in [-0.2, 0) is 0 Å². The lowest BCUT2D eigenvalue weighted by atomic mass is 10.2. The lowest BCUT2D eigenvalue weighted by Gasteiger charge is -2.13. The molecule has 0 bridgehead atoms. The number of benzene rings is 2. The van der Waals surface area contributed by atoms with E-state index in [0.29, 0.717) is 30.3 Å². The highest BCUT2D eigenvalue weighted by Gasteiger charge is 2.08. The summed E-state index contributed by atoms with van der Waals surface area (Å²) in [7, 11) is 3.10. The maximum atomic E-state index is 12.0. The van der Waals surface area contributed by atoms with Gasteiger partial charge in [-0.3, -0.25) is 0 Å². The largest absolute Gasteiger partial charge is 0.497 e. The number of urea groups is 1. The Morgan fingerprint density at radius 3 is 2.62 bits per heavy atom. The Kier molecular flexibility index (Phi) is 6.74. The third-order valence-electron chi connectivity index (χ3n) is 3.11. The number of hydrogen-bond acceptors (Lipinski definition) is 4. The van der Waals surface area contributed by atoms with E-state index in [-0.39, 0.29) is 6.03 Å². The van der Waals surface area contributed by atoms with Gasteiger partial charge in [0.25, 0.3) is 0 Å². The number of carbonyl (C=O) groups is 1. The minimum absolute atomic E-state index is 0.348. The minimum Gasteiger partial charge on any atom is -0.497 e. The van der Waals surface area contributed by atoms with E-state index >= 15 is 0 Å². The van der Waals surface area contributed by atoms with Gasteiger partial charge in [-0.1, -0.05) is 22.0 Å². The maximum absolute atomic E-state index is 12.0. The van der Waals surface area contributed by atoms with Crippen molar-refractivity contribution < 1.29 is 19.0 Å². The van der Waals surface area contributed by atoms with Crippen molar-refractivity contribution in [1.82, 2.24) is 5.32 Å². The SMILES string of the molecule is COc1ccc(OC)c(NC(=O)NCCOc2cccc(Br)c2)c1. The summed E-state index contributed by atoms with van der Waals surface area (Å²) in [5, 5.41) is 5.45.